The van der Waals surface area contributed by atoms with Crippen LogP contribution in [0.3, 0.4) is 0 Å². The molecule has 8 heteroatoms. The fraction of sp³-hybridized carbons (Fsp3) is 0.200. The first-order chi connectivity index (χ1) is 15.9. The predicted octanol–water partition coefficient (Wildman–Crippen LogP) is 5.58. The third kappa shape index (κ3) is 6.16. The summed E-state index contributed by atoms with van der Waals surface area (Å²) in [5.74, 6) is -0.351. The number of aromatic nitrogens is 1. The molecule has 1 aliphatic rings. The van der Waals surface area contributed by atoms with Crippen LogP contribution in [0.5, 0.6) is 0 Å². The fourth-order valence-corrected chi connectivity index (χ4v) is 5.43. The van der Waals surface area contributed by atoms with Crippen LogP contribution in [0.4, 0.5) is 5.13 Å². The molecule has 1 aromatic heterocycles. The van der Waals surface area contributed by atoms with Crippen LogP contribution in [0.25, 0.3) is 6.08 Å². The monoisotopic (exact) mass is 493 g/mol. The maximum Gasteiger partial charge on any atom is 0.266 e. The lowest BCUT2D eigenvalue weighted by Gasteiger charge is -2.13. The Morgan fingerprint density at radius 2 is 1.76 bits per heavy atom. The van der Waals surface area contributed by atoms with Crippen LogP contribution < -0.4 is 5.32 Å². The molecule has 0 aliphatic carbocycles. The summed E-state index contributed by atoms with van der Waals surface area (Å²) in [6.45, 7) is 4.32. The molecule has 2 heterocycles. The zero-order chi connectivity index (χ0) is 23.4. The van der Waals surface area contributed by atoms with E-state index >= 15 is 0 Å². The summed E-state index contributed by atoms with van der Waals surface area (Å²) in [7, 11) is 0. The van der Waals surface area contributed by atoms with Crippen LogP contribution in [-0.4, -0.2) is 32.6 Å². The molecule has 1 N–H and O–H groups in total. The number of thiocarbonyl (C=S) groups is 1. The largest absolute Gasteiger partial charge is 0.302 e. The van der Waals surface area contributed by atoms with Gasteiger partial charge in [-0.1, -0.05) is 83.6 Å². The standard InChI is InChI=1S/C25H23N3O2S3/c1-16-3-7-18(8-4-16)13-20-15-26-24(32-20)27-22(29)11-12-28-23(30)21(33-25(28)31)14-19-9-5-17(2)6-10-19/h3-10,14-15H,11-13H2,1-2H3,(H,26,27,29). The molecule has 2 amide bonds. The molecule has 2 aromatic carbocycles. The zero-order valence-corrected chi connectivity index (χ0v) is 20.8. The van der Waals surface area contributed by atoms with Gasteiger partial charge < -0.3 is 5.32 Å². The lowest BCUT2D eigenvalue weighted by atomic mass is 10.1. The van der Waals surface area contributed by atoms with Crippen molar-refractivity contribution < 1.29 is 9.59 Å². The number of benzene rings is 2. The average Bonchev–Trinajstić information content (AvgIpc) is 3.33. The van der Waals surface area contributed by atoms with Crippen LogP contribution in [-0.2, 0) is 16.0 Å². The maximum atomic E-state index is 12.8. The second-order valence-electron chi connectivity index (χ2n) is 7.84. The van der Waals surface area contributed by atoms with Gasteiger partial charge in [0.05, 0.1) is 4.91 Å². The van der Waals surface area contributed by atoms with E-state index in [2.05, 4.69) is 41.5 Å². The highest BCUT2D eigenvalue weighted by Gasteiger charge is 2.32. The van der Waals surface area contributed by atoms with Crippen molar-refractivity contribution in [3.05, 3.63) is 86.8 Å². The Labute approximate surface area is 206 Å². The van der Waals surface area contributed by atoms with Crippen molar-refractivity contribution in [1.82, 2.24) is 9.88 Å². The molecule has 5 nitrogen and oxygen atoms in total. The van der Waals surface area contributed by atoms with E-state index in [0.717, 1.165) is 22.4 Å². The molecular weight excluding hydrogens is 470 g/mol. The number of amides is 2. The molecule has 0 unspecified atom stereocenters. The number of aryl methyl sites for hydroxylation is 2. The zero-order valence-electron chi connectivity index (χ0n) is 18.3. The second kappa shape index (κ2) is 10.4. The van der Waals surface area contributed by atoms with Crippen LogP contribution in [0.15, 0.2) is 59.6 Å². The van der Waals surface area contributed by atoms with Gasteiger partial charge in [0.15, 0.2) is 5.13 Å². The normalized spacial score (nSPS) is 14.8. The van der Waals surface area contributed by atoms with Crippen molar-refractivity contribution in [2.75, 3.05) is 11.9 Å². The Morgan fingerprint density at radius 3 is 2.45 bits per heavy atom. The van der Waals surface area contributed by atoms with Crippen molar-refractivity contribution >= 4 is 62.7 Å². The van der Waals surface area contributed by atoms with E-state index in [4.69, 9.17) is 12.2 Å². The molecule has 1 saturated heterocycles. The van der Waals surface area contributed by atoms with Crippen LogP contribution in [0.2, 0.25) is 0 Å². The lowest BCUT2D eigenvalue weighted by molar-refractivity contribution is -0.122. The molecule has 0 radical (unpaired) electrons. The highest BCUT2D eigenvalue weighted by Crippen LogP contribution is 2.32. The Hall–Kier alpha value is -2.81. The number of carbonyl (C=O) groups is 2. The molecule has 0 spiro atoms. The fourth-order valence-electron chi connectivity index (χ4n) is 3.26. The van der Waals surface area contributed by atoms with Gasteiger partial charge in [0.2, 0.25) is 5.91 Å². The Balaban J connectivity index is 1.30. The number of nitrogens with zero attached hydrogens (tertiary/aromatic N) is 2. The number of hydrogen-bond donors (Lipinski definition) is 1. The summed E-state index contributed by atoms with van der Waals surface area (Å²) < 4.78 is 0.473. The number of anilines is 1. The first-order valence-electron chi connectivity index (χ1n) is 10.5. The van der Waals surface area contributed by atoms with Crippen molar-refractivity contribution in [2.24, 2.45) is 0 Å². The predicted molar refractivity (Wildman–Crippen MR) is 140 cm³/mol. The van der Waals surface area contributed by atoms with Crippen LogP contribution >= 0.6 is 35.3 Å². The topological polar surface area (TPSA) is 62.3 Å². The first kappa shape index (κ1) is 23.4. The van der Waals surface area contributed by atoms with Gasteiger partial charge in [-0.05, 0) is 31.1 Å². The smallest absolute Gasteiger partial charge is 0.266 e. The third-order valence-corrected chi connectivity index (χ3v) is 7.40. The van der Waals surface area contributed by atoms with E-state index in [1.807, 2.05) is 37.3 Å². The SMILES string of the molecule is Cc1ccc(C=C2SC(=S)N(CCC(=O)Nc3ncc(Cc4ccc(C)cc4)s3)C2=O)cc1. The van der Waals surface area contributed by atoms with Gasteiger partial charge >= 0.3 is 0 Å². The molecule has 1 aliphatic heterocycles. The van der Waals surface area contributed by atoms with Gasteiger partial charge in [0.1, 0.15) is 4.32 Å². The van der Waals surface area contributed by atoms with Gasteiger partial charge in [-0.2, -0.15) is 0 Å². The van der Waals surface area contributed by atoms with E-state index in [1.165, 1.54) is 39.1 Å². The van der Waals surface area contributed by atoms with Gasteiger partial charge in [0.25, 0.3) is 5.91 Å². The molecular formula is C25H23N3O2S3. The van der Waals surface area contributed by atoms with Gasteiger partial charge in [0, 0.05) is 30.5 Å². The molecule has 168 valence electrons. The van der Waals surface area contributed by atoms with Gasteiger partial charge in [-0.25, -0.2) is 4.98 Å². The maximum absolute atomic E-state index is 12.8. The third-order valence-electron chi connectivity index (χ3n) is 5.11. The Morgan fingerprint density at radius 1 is 1.09 bits per heavy atom. The summed E-state index contributed by atoms with van der Waals surface area (Å²) in [5.41, 5.74) is 4.54. The summed E-state index contributed by atoms with van der Waals surface area (Å²) in [4.78, 5) is 32.7. The number of rotatable bonds is 7. The van der Waals surface area contributed by atoms with Crippen molar-refractivity contribution in [3.63, 3.8) is 0 Å². The molecule has 0 saturated carbocycles. The second-order valence-corrected chi connectivity index (χ2v) is 10.6. The van der Waals surface area contributed by atoms with Crippen LogP contribution in [0, 0.1) is 13.8 Å². The van der Waals surface area contributed by atoms with E-state index in [0.29, 0.717) is 14.4 Å². The minimum Gasteiger partial charge on any atom is -0.302 e. The summed E-state index contributed by atoms with van der Waals surface area (Å²) in [6.07, 6.45) is 4.55. The molecule has 3 aromatic rings. The summed E-state index contributed by atoms with van der Waals surface area (Å²) in [6, 6.07) is 16.3. The van der Waals surface area contributed by atoms with Crippen molar-refractivity contribution in [1.29, 1.82) is 0 Å². The number of hydrogen-bond acceptors (Lipinski definition) is 6. The number of thiazole rings is 1. The number of carbonyl (C=O) groups excluding carboxylic acids is 2. The quantitative estimate of drug-likeness (QED) is 0.344. The van der Waals surface area contributed by atoms with E-state index in [-0.39, 0.29) is 24.8 Å². The molecule has 1 fully saturated rings. The number of nitrogens with one attached hydrogen (secondary N) is 1. The van der Waals surface area contributed by atoms with Gasteiger partial charge in [-0.3, -0.25) is 14.5 Å². The molecule has 0 atom stereocenters. The van der Waals surface area contributed by atoms with Crippen molar-refractivity contribution in [2.45, 2.75) is 26.7 Å². The highest BCUT2D eigenvalue weighted by atomic mass is 32.2. The Bertz CT molecular complexity index is 1210. The van der Waals surface area contributed by atoms with Crippen molar-refractivity contribution in [3.8, 4) is 0 Å². The average molecular weight is 494 g/mol. The highest BCUT2D eigenvalue weighted by molar-refractivity contribution is 8.26. The lowest BCUT2D eigenvalue weighted by Crippen LogP contribution is -2.31. The summed E-state index contributed by atoms with van der Waals surface area (Å²) >= 11 is 8.10. The minimum atomic E-state index is -0.192. The summed E-state index contributed by atoms with van der Waals surface area (Å²) in [5, 5.41) is 3.39. The molecule has 33 heavy (non-hydrogen) atoms. The minimum absolute atomic E-state index is 0.150. The van der Waals surface area contributed by atoms with Gasteiger partial charge in [-0.15, -0.1) is 11.3 Å². The van der Waals surface area contributed by atoms with E-state index in [9.17, 15) is 9.59 Å². The first-order valence-corrected chi connectivity index (χ1v) is 12.5. The molecule has 4 rings (SSSR count). The Kier molecular flexibility index (Phi) is 7.37. The molecule has 0 bridgehead atoms. The van der Waals surface area contributed by atoms with E-state index in [1.54, 1.807) is 6.20 Å². The van der Waals surface area contributed by atoms with E-state index < -0.39 is 0 Å². The van der Waals surface area contributed by atoms with Crippen LogP contribution in [0.1, 0.15) is 33.6 Å². The number of thioether (sulfide) groups is 1.